The fourth-order valence-electron chi connectivity index (χ4n) is 0.557. The summed E-state index contributed by atoms with van der Waals surface area (Å²) in [6.07, 6.45) is 1.19. The first kappa shape index (κ1) is 7.69. The quantitative estimate of drug-likeness (QED) is 0.452. The number of rotatable bonds is 1. The summed E-state index contributed by atoms with van der Waals surface area (Å²) in [6, 6.07) is 0. The Balaban J connectivity index is 2.82. The topological polar surface area (TPSA) is 35.5 Å². The first-order chi connectivity index (χ1) is 4.55. The molecule has 1 rings (SSSR count). The van der Waals surface area contributed by atoms with E-state index < -0.39 is 10.5 Å². The molecule has 0 aromatic carbocycles. The van der Waals surface area contributed by atoms with Gasteiger partial charge in [0.05, 0.1) is 7.11 Å². The van der Waals surface area contributed by atoms with Crippen LogP contribution in [0.5, 0.6) is 0 Å². The summed E-state index contributed by atoms with van der Waals surface area (Å²) in [4.78, 5) is 10.6. The van der Waals surface area contributed by atoms with E-state index in [-0.39, 0.29) is 5.76 Å². The van der Waals surface area contributed by atoms with E-state index >= 15 is 0 Å². The molecule has 0 N–H and O–H groups in total. The predicted molar refractivity (Wildman–Crippen MR) is 35.6 cm³/mol. The van der Waals surface area contributed by atoms with Crippen LogP contribution in [0.25, 0.3) is 0 Å². The molecule has 3 nitrogen and oxygen atoms in total. The van der Waals surface area contributed by atoms with Crippen LogP contribution in [0.2, 0.25) is 0 Å². The highest BCUT2D eigenvalue weighted by Gasteiger charge is 2.37. The standard InChI is InChI=1S/C5H4Cl2O3/c1-9-3-2-5(6,7)10-4(3)8/h2H,1H3. The lowest BCUT2D eigenvalue weighted by Gasteiger charge is -2.05. The van der Waals surface area contributed by atoms with Gasteiger partial charge in [-0.25, -0.2) is 4.79 Å². The van der Waals surface area contributed by atoms with Crippen molar-refractivity contribution in [2.75, 3.05) is 7.11 Å². The molecule has 0 saturated heterocycles. The molecule has 1 aliphatic heterocycles. The van der Waals surface area contributed by atoms with Gasteiger partial charge < -0.3 is 9.47 Å². The minimum absolute atomic E-state index is 0.0324. The van der Waals surface area contributed by atoms with Crippen LogP contribution < -0.4 is 0 Å². The second kappa shape index (κ2) is 2.32. The molecule has 0 fully saturated rings. The van der Waals surface area contributed by atoms with E-state index in [4.69, 9.17) is 23.2 Å². The fraction of sp³-hybridized carbons (Fsp3) is 0.400. The third-order valence-electron chi connectivity index (χ3n) is 0.949. The molecule has 0 amide bonds. The third kappa shape index (κ3) is 1.36. The van der Waals surface area contributed by atoms with E-state index in [1.54, 1.807) is 0 Å². The Bertz CT molecular complexity index is 197. The van der Waals surface area contributed by atoms with E-state index in [9.17, 15) is 4.79 Å². The van der Waals surface area contributed by atoms with E-state index in [1.165, 1.54) is 13.2 Å². The van der Waals surface area contributed by atoms with Gasteiger partial charge in [0, 0.05) is 6.08 Å². The number of carbonyl (C=O) groups is 1. The van der Waals surface area contributed by atoms with Crippen molar-refractivity contribution in [1.29, 1.82) is 0 Å². The fourth-order valence-corrected chi connectivity index (χ4v) is 0.895. The van der Waals surface area contributed by atoms with Gasteiger partial charge in [-0.2, -0.15) is 0 Å². The number of cyclic esters (lactones) is 1. The number of halogens is 2. The number of alkyl halides is 2. The van der Waals surface area contributed by atoms with Gasteiger partial charge in [-0.1, -0.05) is 23.2 Å². The molecule has 0 aromatic rings. The molecule has 0 atom stereocenters. The van der Waals surface area contributed by atoms with Gasteiger partial charge >= 0.3 is 5.97 Å². The second-order valence-electron chi connectivity index (χ2n) is 1.66. The average Bonchev–Trinajstić information content (AvgIpc) is 2.05. The van der Waals surface area contributed by atoms with Crippen molar-refractivity contribution in [2.24, 2.45) is 0 Å². The van der Waals surface area contributed by atoms with Crippen LogP contribution in [-0.2, 0) is 14.3 Å². The van der Waals surface area contributed by atoms with Crippen molar-refractivity contribution in [1.82, 2.24) is 0 Å². The maximum atomic E-state index is 10.6. The lowest BCUT2D eigenvalue weighted by Crippen LogP contribution is -2.11. The van der Waals surface area contributed by atoms with Crippen LogP contribution in [-0.4, -0.2) is 17.6 Å². The number of esters is 1. The van der Waals surface area contributed by atoms with Crippen molar-refractivity contribution in [3.05, 3.63) is 11.8 Å². The van der Waals surface area contributed by atoms with Crippen LogP contribution >= 0.6 is 23.2 Å². The zero-order valence-electron chi connectivity index (χ0n) is 5.06. The van der Waals surface area contributed by atoms with E-state index in [1.807, 2.05) is 0 Å². The van der Waals surface area contributed by atoms with Gasteiger partial charge in [0.2, 0.25) is 5.76 Å². The minimum atomic E-state index is -1.55. The normalized spacial score (nSPS) is 21.9. The Kier molecular flexibility index (Phi) is 1.79. The molecule has 1 aliphatic rings. The van der Waals surface area contributed by atoms with E-state index in [2.05, 4.69) is 9.47 Å². The summed E-state index contributed by atoms with van der Waals surface area (Å²) < 4.78 is 7.45. The van der Waals surface area contributed by atoms with E-state index in [0.717, 1.165) is 0 Å². The molecule has 0 aliphatic carbocycles. The van der Waals surface area contributed by atoms with Crippen LogP contribution in [0.3, 0.4) is 0 Å². The highest BCUT2D eigenvalue weighted by atomic mass is 35.5. The zero-order valence-corrected chi connectivity index (χ0v) is 6.57. The highest BCUT2D eigenvalue weighted by Crippen LogP contribution is 2.32. The maximum Gasteiger partial charge on any atom is 0.376 e. The molecular formula is C5H4Cl2O3. The van der Waals surface area contributed by atoms with Crippen molar-refractivity contribution < 1.29 is 14.3 Å². The number of methoxy groups -OCH3 is 1. The predicted octanol–water partition coefficient (Wildman–Crippen LogP) is 1.20. The first-order valence-electron chi connectivity index (χ1n) is 2.43. The smallest absolute Gasteiger partial charge is 0.376 e. The average molecular weight is 183 g/mol. The molecule has 0 radical (unpaired) electrons. The SMILES string of the molecule is COC1=CC(Cl)(Cl)OC1=O. The molecule has 0 saturated carbocycles. The number of ether oxygens (including phenoxy) is 2. The zero-order chi connectivity index (χ0) is 7.78. The maximum absolute atomic E-state index is 10.6. The van der Waals surface area contributed by atoms with Crippen molar-refractivity contribution in [2.45, 2.75) is 4.52 Å². The van der Waals surface area contributed by atoms with Gasteiger partial charge in [0.1, 0.15) is 0 Å². The molecular weight excluding hydrogens is 179 g/mol. The highest BCUT2D eigenvalue weighted by molar-refractivity contribution is 6.49. The van der Waals surface area contributed by atoms with Crippen LogP contribution in [0.15, 0.2) is 11.8 Å². The Morgan fingerprint density at radius 3 is 2.50 bits per heavy atom. The largest absolute Gasteiger partial charge is 0.490 e. The lowest BCUT2D eigenvalue weighted by atomic mass is 10.5. The Hall–Kier alpha value is -0.410. The van der Waals surface area contributed by atoms with Crippen LogP contribution in [0, 0.1) is 0 Å². The van der Waals surface area contributed by atoms with Gasteiger partial charge in [-0.3, -0.25) is 0 Å². The molecule has 0 aromatic heterocycles. The Labute approximate surface area is 67.5 Å². The van der Waals surface area contributed by atoms with E-state index in [0.29, 0.717) is 0 Å². The summed E-state index contributed by atoms with van der Waals surface area (Å²) in [5.41, 5.74) is 0. The molecule has 0 bridgehead atoms. The monoisotopic (exact) mass is 182 g/mol. The summed E-state index contributed by atoms with van der Waals surface area (Å²) in [5.74, 6) is -0.613. The van der Waals surface area contributed by atoms with Gasteiger partial charge in [0.15, 0.2) is 0 Å². The van der Waals surface area contributed by atoms with Crippen molar-refractivity contribution in [3.8, 4) is 0 Å². The van der Waals surface area contributed by atoms with Gasteiger partial charge in [-0.15, -0.1) is 0 Å². The van der Waals surface area contributed by atoms with Crippen molar-refractivity contribution >= 4 is 29.2 Å². The van der Waals surface area contributed by atoms with Gasteiger partial charge in [0.25, 0.3) is 4.52 Å². The summed E-state index contributed by atoms with van der Waals surface area (Å²) in [5, 5.41) is 0. The minimum Gasteiger partial charge on any atom is -0.490 e. The Morgan fingerprint density at radius 1 is 1.70 bits per heavy atom. The summed E-state index contributed by atoms with van der Waals surface area (Å²) in [7, 11) is 1.34. The Morgan fingerprint density at radius 2 is 2.30 bits per heavy atom. The molecule has 0 unspecified atom stereocenters. The number of hydrogen-bond acceptors (Lipinski definition) is 3. The van der Waals surface area contributed by atoms with Crippen LogP contribution in [0.1, 0.15) is 0 Å². The number of hydrogen-bond donors (Lipinski definition) is 0. The molecule has 56 valence electrons. The van der Waals surface area contributed by atoms with Crippen LogP contribution in [0.4, 0.5) is 0 Å². The number of carbonyl (C=O) groups excluding carboxylic acids is 1. The molecule has 0 spiro atoms. The second-order valence-corrected chi connectivity index (χ2v) is 2.98. The van der Waals surface area contributed by atoms with Crippen molar-refractivity contribution in [3.63, 3.8) is 0 Å². The third-order valence-corrected chi connectivity index (χ3v) is 1.32. The first-order valence-corrected chi connectivity index (χ1v) is 3.19. The summed E-state index contributed by atoms with van der Waals surface area (Å²) >= 11 is 10.8. The lowest BCUT2D eigenvalue weighted by molar-refractivity contribution is -0.141. The molecule has 5 heteroatoms. The van der Waals surface area contributed by atoms with Gasteiger partial charge in [-0.05, 0) is 0 Å². The molecule has 10 heavy (non-hydrogen) atoms. The molecule has 1 heterocycles. The summed E-state index contributed by atoms with van der Waals surface area (Å²) in [6.45, 7) is 0.